The van der Waals surface area contributed by atoms with Gasteiger partial charge in [-0.2, -0.15) is 0 Å². The molecule has 0 aliphatic heterocycles. The summed E-state index contributed by atoms with van der Waals surface area (Å²) in [5.74, 6) is 1.23. The van der Waals surface area contributed by atoms with Gasteiger partial charge in [0.15, 0.2) is 0 Å². The molecule has 0 aliphatic carbocycles. The van der Waals surface area contributed by atoms with Crippen LogP contribution in [-0.4, -0.2) is 10.2 Å². The molecule has 0 saturated heterocycles. The summed E-state index contributed by atoms with van der Waals surface area (Å²) < 4.78 is 5.28. The van der Waals surface area contributed by atoms with Crippen molar-refractivity contribution in [2.24, 2.45) is 0 Å². The highest BCUT2D eigenvalue weighted by Crippen LogP contribution is 2.20. The summed E-state index contributed by atoms with van der Waals surface area (Å²) in [6.07, 6.45) is 1.52. The number of benzene rings is 1. The molecular formula is C11H12ClN3O. The molecule has 1 aromatic carbocycles. The predicted octanol–water partition coefficient (Wildman–Crippen LogP) is 2.40. The Morgan fingerprint density at radius 1 is 1.31 bits per heavy atom. The fourth-order valence-electron chi connectivity index (χ4n) is 1.44. The lowest BCUT2D eigenvalue weighted by Crippen LogP contribution is -1.94. The van der Waals surface area contributed by atoms with Gasteiger partial charge in [-0.15, -0.1) is 10.2 Å². The molecule has 2 N–H and O–H groups in total. The van der Waals surface area contributed by atoms with Crippen LogP contribution in [0.15, 0.2) is 22.6 Å². The molecule has 0 fully saturated rings. The quantitative estimate of drug-likeness (QED) is 0.833. The van der Waals surface area contributed by atoms with Crippen LogP contribution in [0.3, 0.4) is 0 Å². The van der Waals surface area contributed by atoms with Gasteiger partial charge in [0.25, 0.3) is 0 Å². The van der Waals surface area contributed by atoms with Gasteiger partial charge < -0.3 is 10.2 Å². The SMILES string of the molecule is Cc1nnc(CCc2ccc(Cl)c(N)c2)o1. The van der Waals surface area contributed by atoms with Crippen LogP contribution < -0.4 is 5.73 Å². The Labute approximate surface area is 98.4 Å². The lowest BCUT2D eigenvalue weighted by molar-refractivity contribution is 0.467. The highest BCUT2D eigenvalue weighted by Gasteiger charge is 2.04. The number of rotatable bonds is 3. The van der Waals surface area contributed by atoms with Gasteiger partial charge in [-0.05, 0) is 24.1 Å². The lowest BCUT2D eigenvalue weighted by Gasteiger charge is -2.02. The average Bonchev–Trinajstić information content (AvgIpc) is 2.66. The van der Waals surface area contributed by atoms with Crippen molar-refractivity contribution in [2.75, 3.05) is 5.73 Å². The largest absolute Gasteiger partial charge is 0.426 e. The highest BCUT2D eigenvalue weighted by atomic mass is 35.5. The Bertz CT molecular complexity index is 496. The molecule has 1 aromatic heterocycles. The first-order valence-corrected chi connectivity index (χ1v) is 5.36. The molecule has 4 nitrogen and oxygen atoms in total. The fraction of sp³-hybridized carbons (Fsp3) is 0.273. The van der Waals surface area contributed by atoms with E-state index in [2.05, 4.69) is 10.2 Å². The van der Waals surface area contributed by atoms with Crippen LogP contribution in [0.4, 0.5) is 5.69 Å². The van der Waals surface area contributed by atoms with Crippen LogP contribution in [0.1, 0.15) is 17.3 Å². The summed E-state index contributed by atoms with van der Waals surface area (Å²) in [5.41, 5.74) is 7.42. The molecule has 0 saturated carbocycles. The number of nitrogens with zero attached hydrogens (tertiary/aromatic N) is 2. The van der Waals surface area contributed by atoms with E-state index in [-0.39, 0.29) is 0 Å². The Kier molecular flexibility index (Phi) is 3.10. The van der Waals surface area contributed by atoms with Gasteiger partial charge in [0.1, 0.15) is 0 Å². The van der Waals surface area contributed by atoms with E-state index in [1.807, 2.05) is 12.1 Å². The molecular weight excluding hydrogens is 226 g/mol. The van der Waals surface area contributed by atoms with Gasteiger partial charge >= 0.3 is 0 Å². The number of hydrogen-bond donors (Lipinski definition) is 1. The number of aryl methyl sites for hydroxylation is 3. The van der Waals surface area contributed by atoms with Crippen molar-refractivity contribution in [1.29, 1.82) is 0 Å². The molecule has 0 radical (unpaired) electrons. The first-order chi connectivity index (χ1) is 7.65. The summed E-state index contributed by atoms with van der Waals surface area (Å²) in [4.78, 5) is 0. The second-order valence-corrected chi connectivity index (χ2v) is 3.98. The molecule has 0 bridgehead atoms. The third-order valence-electron chi connectivity index (χ3n) is 2.26. The smallest absolute Gasteiger partial charge is 0.216 e. The third-order valence-corrected chi connectivity index (χ3v) is 2.60. The Hall–Kier alpha value is -1.55. The highest BCUT2D eigenvalue weighted by molar-refractivity contribution is 6.33. The Morgan fingerprint density at radius 3 is 2.75 bits per heavy atom. The van der Waals surface area contributed by atoms with E-state index < -0.39 is 0 Å². The van der Waals surface area contributed by atoms with Crippen LogP contribution in [0.25, 0.3) is 0 Å². The topological polar surface area (TPSA) is 64.9 Å². The van der Waals surface area contributed by atoms with Crippen molar-refractivity contribution < 1.29 is 4.42 Å². The lowest BCUT2D eigenvalue weighted by atomic mass is 10.1. The number of halogens is 1. The molecule has 2 rings (SSSR count). The van der Waals surface area contributed by atoms with Crippen molar-refractivity contribution in [1.82, 2.24) is 10.2 Å². The number of aromatic nitrogens is 2. The van der Waals surface area contributed by atoms with E-state index >= 15 is 0 Å². The van der Waals surface area contributed by atoms with Crippen LogP contribution in [0, 0.1) is 6.92 Å². The van der Waals surface area contributed by atoms with Crippen LogP contribution in [0.2, 0.25) is 5.02 Å². The number of nitrogen functional groups attached to an aromatic ring is 1. The van der Waals surface area contributed by atoms with Gasteiger partial charge in [0.2, 0.25) is 11.8 Å². The summed E-state index contributed by atoms with van der Waals surface area (Å²) in [6.45, 7) is 1.77. The van der Waals surface area contributed by atoms with E-state index in [9.17, 15) is 0 Å². The second kappa shape index (κ2) is 4.53. The molecule has 0 unspecified atom stereocenters. The molecule has 84 valence electrons. The van der Waals surface area contributed by atoms with Gasteiger partial charge in [-0.25, -0.2) is 0 Å². The standard InChI is InChI=1S/C11H12ClN3O/c1-7-14-15-11(16-7)5-3-8-2-4-9(12)10(13)6-8/h2,4,6H,3,5,13H2,1H3. The summed E-state index contributed by atoms with van der Waals surface area (Å²) in [6, 6.07) is 5.61. The minimum Gasteiger partial charge on any atom is -0.426 e. The van der Waals surface area contributed by atoms with Gasteiger partial charge in [0, 0.05) is 13.3 Å². The molecule has 5 heteroatoms. The van der Waals surface area contributed by atoms with E-state index in [0.717, 1.165) is 12.0 Å². The summed E-state index contributed by atoms with van der Waals surface area (Å²) >= 11 is 5.84. The maximum Gasteiger partial charge on any atom is 0.216 e. The molecule has 2 aromatic rings. The average molecular weight is 238 g/mol. The predicted molar refractivity (Wildman–Crippen MR) is 62.3 cm³/mol. The molecule has 0 spiro atoms. The maximum atomic E-state index is 5.84. The van der Waals surface area contributed by atoms with Crippen LogP contribution in [-0.2, 0) is 12.8 Å². The Balaban J connectivity index is 2.02. The van der Waals surface area contributed by atoms with Crippen molar-refractivity contribution in [3.05, 3.63) is 40.6 Å². The van der Waals surface area contributed by atoms with E-state index in [1.54, 1.807) is 13.0 Å². The Morgan fingerprint density at radius 2 is 2.12 bits per heavy atom. The maximum absolute atomic E-state index is 5.84. The van der Waals surface area contributed by atoms with Crippen molar-refractivity contribution in [3.8, 4) is 0 Å². The number of hydrogen-bond acceptors (Lipinski definition) is 4. The first-order valence-electron chi connectivity index (χ1n) is 4.98. The molecule has 16 heavy (non-hydrogen) atoms. The fourth-order valence-corrected chi connectivity index (χ4v) is 1.56. The third kappa shape index (κ3) is 2.52. The minimum absolute atomic E-state index is 0.581. The summed E-state index contributed by atoms with van der Waals surface area (Å²) in [5, 5.41) is 8.28. The van der Waals surface area contributed by atoms with Crippen molar-refractivity contribution in [3.63, 3.8) is 0 Å². The van der Waals surface area contributed by atoms with Gasteiger partial charge in [-0.3, -0.25) is 0 Å². The van der Waals surface area contributed by atoms with E-state index in [0.29, 0.717) is 28.9 Å². The van der Waals surface area contributed by atoms with Gasteiger partial charge in [0.05, 0.1) is 10.7 Å². The molecule has 0 atom stereocenters. The van der Waals surface area contributed by atoms with Crippen LogP contribution >= 0.6 is 11.6 Å². The van der Waals surface area contributed by atoms with Crippen LogP contribution in [0.5, 0.6) is 0 Å². The first kappa shape index (κ1) is 11.0. The second-order valence-electron chi connectivity index (χ2n) is 3.57. The summed E-state index contributed by atoms with van der Waals surface area (Å²) in [7, 11) is 0. The zero-order chi connectivity index (χ0) is 11.5. The van der Waals surface area contributed by atoms with Gasteiger partial charge in [-0.1, -0.05) is 17.7 Å². The number of nitrogens with two attached hydrogens (primary N) is 1. The van der Waals surface area contributed by atoms with Crippen molar-refractivity contribution >= 4 is 17.3 Å². The zero-order valence-corrected chi connectivity index (χ0v) is 9.66. The monoisotopic (exact) mass is 237 g/mol. The molecule has 1 heterocycles. The zero-order valence-electron chi connectivity index (χ0n) is 8.90. The molecule has 0 aliphatic rings. The molecule has 0 amide bonds. The van der Waals surface area contributed by atoms with Crippen molar-refractivity contribution in [2.45, 2.75) is 19.8 Å². The normalized spacial score (nSPS) is 10.6. The number of anilines is 1. The van der Waals surface area contributed by atoms with E-state index in [1.165, 1.54) is 0 Å². The van der Waals surface area contributed by atoms with E-state index in [4.69, 9.17) is 21.8 Å². The minimum atomic E-state index is 0.581.